The second-order valence-electron chi connectivity index (χ2n) is 4.94. The number of rotatable bonds is 3. The molecule has 1 aromatic rings. The number of anilines is 1. The second-order valence-corrected chi connectivity index (χ2v) is 4.94. The molecule has 1 atom stereocenters. The van der Waals surface area contributed by atoms with Gasteiger partial charge in [-0.3, -0.25) is 9.59 Å². The summed E-state index contributed by atoms with van der Waals surface area (Å²) in [4.78, 5) is 24.7. The molecule has 0 aliphatic carbocycles. The maximum atomic E-state index is 12.1. The van der Waals surface area contributed by atoms with E-state index in [4.69, 9.17) is 10.8 Å². The topological polar surface area (TPSA) is 83.6 Å². The molecule has 1 fully saturated rings. The summed E-state index contributed by atoms with van der Waals surface area (Å²) >= 11 is 0. The molecule has 1 aromatic carbocycles. The van der Waals surface area contributed by atoms with Crippen LogP contribution in [0.3, 0.4) is 0 Å². The predicted octanol–water partition coefficient (Wildman–Crippen LogP) is 1.13. The molecule has 1 saturated heterocycles. The third-order valence-electron chi connectivity index (χ3n) is 3.46. The molecule has 1 amide bonds. The van der Waals surface area contributed by atoms with Crippen LogP contribution in [0.2, 0.25) is 0 Å². The van der Waals surface area contributed by atoms with Crippen molar-refractivity contribution in [2.75, 3.05) is 18.8 Å². The molecule has 0 spiro atoms. The lowest BCUT2D eigenvalue weighted by atomic mass is 9.97. The molecule has 0 radical (unpaired) electrons. The maximum Gasteiger partial charge on any atom is 0.308 e. The van der Waals surface area contributed by atoms with Crippen molar-refractivity contribution in [3.05, 3.63) is 29.8 Å². The fourth-order valence-corrected chi connectivity index (χ4v) is 2.33. The van der Waals surface area contributed by atoms with Crippen molar-refractivity contribution < 1.29 is 14.7 Å². The molecular weight excluding hydrogens is 244 g/mol. The zero-order valence-corrected chi connectivity index (χ0v) is 10.7. The van der Waals surface area contributed by atoms with Crippen LogP contribution >= 0.6 is 0 Å². The van der Waals surface area contributed by atoms with Crippen LogP contribution in [0.15, 0.2) is 24.3 Å². The number of hydrogen-bond acceptors (Lipinski definition) is 3. The smallest absolute Gasteiger partial charge is 0.308 e. The number of amides is 1. The Labute approximate surface area is 112 Å². The summed E-state index contributed by atoms with van der Waals surface area (Å²) in [7, 11) is 0. The molecular formula is C14H18N2O3. The number of piperidine rings is 1. The van der Waals surface area contributed by atoms with Gasteiger partial charge in [-0.2, -0.15) is 0 Å². The van der Waals surface area contributed by atoms with Crippen molar-refractivity contribution in [2.24, 2.45) is 5.92 Å². The lowest BCUT2D eigenvalue weighted by molar-refractivity contribution is -0.145. The van der Waals surface area contributed by atoms with E-state index in [1.807, 2.05) is 12.1 Å². The van der Waals surface area contributed by atoms with Crippen molar-refractivity contribution in [2.45, 2.75) is 19.3 Å². The highest BCUT2D eigenvalue weighted by molar-refractivity contribution is 5.80. The highest BCUT2D eigenvalue weighted by Gasteiger charge is 2.27. The minimum atomic E-state index is -0.815. The highest BCUT2D eigenvalue weighted by Crippen LogP contribution is 2.18. The maximum absolute atomic E-state index is 12.1. The van der Waals surface area contributed by atoms with Gasteiger partial charge in [0.25, 0.3) is 0 Å². The first-order chi connectivity index (χ1) is 9.06. The summed E-state index contributed by atoms with van der Waals surface area (Å²) in [6.45, 7) is 0.973. The van der Waals surface area contributed by atoms with Crippen molar-refractivity contribution in [3.63, 3.8) is 0 Å². The summed E-state index contributed by atoms with van der Waals surface area (Å²) < 4.78 is 0. The number of carboxylic acids is 1. The monoisotopic (exact) mass is 262 g/mol. The van der Waals surface area contributed by atoms with E-state index in [1.165, 1.54) is 0 Å². The molecule has 5 heteroatoms. The molecule has 5 nitrogen and oxygen atoms in total. The lowest BCUT2D eigenvalue weighted by Gasteiger charge is -2.30. The molecule has 0 unspecified atom stereocenters. The van der Waals surface area contributed by atoms with Gasteiger partial charge in [-0.1, -0.05) is 12.1 Å². The van der Waals surface area contributed by atoms with Gasteiger partial charge in [0.2, 0.25) is 5.91 Å². The Kier molecular flexibility index (Phi) is 4.04. The molecule has 3 N–H and O–H groups in total. The molecule has 1 heterocycles. The first-order valence-corrected chi connectivity index (χ1v) is 6.41. The third kappa shape index (κ3) is 3.47. The summed E-state index contributed by atoms with van der Waals surface area (Å²) in [5, 5.41) is 9.01. The van der Waals surface area contributed by atoms with E-state index in [1.54, 1.807) is 17.0 Å². The number of benzene rings is 1. The number of nitrogen functional groups attached to an aromatic ring is 1. The van der Waals surface area contributed by atoms with E-state index in [0.29, 0.717) is 31.6 Å². The standard InChI is InChI=1S/C14H18N2O3/c15-12-5-3-10(4-6-12)8-13(17)16-7-1-2-11(9-16)14(18)19/h3-6,11H,1-2,7-9,15H2,(H,18,19)/t11-/m1/s1. The Morgan fingerprint density at radius 3 is 2.63 bits per heavy atom. The van der Waals surface area contributed by atoms with E-state index in [2.05, 4.69) is 0 Å². The van der Waals surface area contributed by atoms with Crippen LogP contribution in [0.4, 0.5) is 5.69 Å². The average molecular weight is 262 g/mol. The Balaban J connectivity index is 1.96. The fourth-order valence-electron chi connectivity index (χ4n) is 2.33. The first-order valence-electron chi connectivity index (χ1n) is 6.41. The van der Waals surface area contributed by atoms with Gasteiger partial charge in [0.05, 0.1) is 12.3 Å². The molecule has 0 aromatic heterocycles. The quantitative estimate of drug-likeness (QED) is 0.800. The zero-order valence-electron chi connectivity index (χ0n) is 10.7. The second kappa shape index (κ2) is 5.73. The molecule has 0 bridgehead atoms. The summed E-state index contributed by atoms with van der Waals surface area (Å²) in [5.74, 6) is -1.26. The number of nitrogens with zero attached hydrogens (tertiary/aromatic N) is 1. The summed E-state index contributed by atoms with van der Waals surface area (Å²) in [5.41, 5.74) is 7.16. The van der Waals surface area contributed by atoms with E-state index < -0.39 is 11.9 Å². The minimum absolute atomic E-state index is 0.0179. The van der Waals surface area contributed by atoms with Crippen molar-refractivity contribution in [1.82, 2.24) is 4.90 Å². The van der Waals surface area contributed by atoms with Gasteiger partial charge in [-0.25, -0.2) is 0 Å². The number of hydrogen-bond donors (Lipinski definition) is 2. The molecule has 1 aliphatic heterocycles. The number of likely N-dealkylation sites (tertiary alicyclic amines) is 1. The summed E-state index contributed by atoms with van der Waals surface area (Å²) in [6.07, 6.45) is 1.71. The van der Waals surface area contributed by atoms with E-state index >= 15 is 0 Å². The Hall–Kier alpha value is -2.04. The van der Waals surface area contributed by atoms with Crippen molar-refractivity contribution in [3.8, 4) is 0 Å². The number of aliphatic carboxylic acids is 1. The van der Waals surface area contributed by atoms with Crippen LogP contribution in [0.1, 0.15) is 18.4 Å². The number of carbonyl (C=O) groups excluding carboxylic acids is 1. The van der Waals surface area contributed by atoms with Gasteiger partial charge < -0.3 is 15.7 Å². The summed E-state index contributed by atoms with van der Waals surface area (Å²) in [6, 6.07) is 7.18. The number of carboxylic acid groups (broad SMARTS) is 1. The van der Waals surface area contributed by atoms with Crippen molar-refractivity contribution >= 4 is 17.6 Å². The number of carbonyl (C=O) groups is 2. The van der Waals surface area contributed by atoms with Gasteiger partial charge in [0, 0.05) is 18.8 Å². The highest BCUT2D eigenvalue weighted by atomic mass is 16.4. The van der Waals surface area contributed by atoms with Crippen LogP contribution in [-0.4, -0.2) is 35.0 Å². The normalized spacial score (nSPS) is 19.2. The van der Waals surface area contributed by atoms with Crippen LogP contribution in [0.5, 0.6) is 0 Å². The lowest BCUT2D eigenvalue weighted by Crippen LogP contribution is -2.42. The van der Waals surface area contributed by atoms with Crippen molar-refractivity contribution in [1.29, 1.82) is 0 Å². The van der Waals surface area contributed by atoms with Gasteiger partial charge in [-0.15, -0.1) is 0 Å². The van der Waals surface area contributed by atoms with Gasteiger partial charge in [-0.05, 0) is 30.5 Å². The SMILES string of the molecule is Nc1ccc(CC(=O)N2CCC[C@@H](C(=O)O)C2)cc1. The number of nitrogens with two attached hydrogens (primary N) is 1. The Bertz CT molecular complexity index is 470. The third-order valence-corrected chi connectivity index (χ3v) is 3.46. The Morgan fingerprint density at radius 2 is 2.00 bits per heavy atom. The van der Waals surface area contributed by atoms with E-state index in [-0.39, 0.29) is 5.91 Å². The van der Waals surface area contributed by atoms with Crippen LogP contribution in [-0.2, 0) is 16.0 Å². The van der Waals surface area contributed by atoms with Gasteiger partial charge in [0.1, 0.15) is 0 Å². The van der Waals surface area contributed by atoms with Crippen LogP contribution in [0.25, 0.3) is 0 Å². The average Bonchev–Trinajstić information content (AvgIpc) is 2.41. The predicted molar refractivity (Wildman–Crippen MR) is 71.5 cm³/mol. The molecule has 102 valence electrons. The molecule has 19 heavy (non-hydrogen) atoms. The minimum Gasteiger partial charge on any atom is -0.481 e. The van der Waals surface area contributed by atoms with Gasteiger partial charge >= 0.3 is 5.97 Å². The first kappa shape index (κ1) is 13.4. The Morgan fingerprint density at radius 1 is 1.32 bits per heavy atom. The van der Waals surface area contributed by atoms with Crippen LogP contribution < -0.4 is 5.73 Å². The van der Waals surface area contributed by atoms with Gasteiger partial charge in [0.15, 0.2) is 0 Å². The molecule has 0 saturated carbocycles. The van der Waals surface area contributed by atoms with E-state index in [0.717, 1.165) is 12.0 Å². The zero-order chi connectivity index (χ0) is 13.8. The van der Waals surface area contributed by atoms with E-state index in [9.17, 15) is 9.59 Å². The molecule has 1 aliphatic rings. The fraction of sp³-hybridized carbons (Fsp3) is 0.429. The largest absolute Gasteiger partial charge is 0.481 e. The van der Waals surface area contributed by atoms with Crippen LogP contribution in [0, 0.1) is 5.92 Å². The molecule has 2 rings (SSSR count).